The number of benzene rings is 1. The van der Waals surface area contributed by atoms with Crippen LogP contribution in [0, 0.1) is 0 Å². The molecule has 2 aromatic rings. The van der Waals surface area contributed by atoms with E-state index in [1.54, 1.807) is 12.1 Å². The van der Waals surface area contributed by atoms with Crippen molar-refractivity contribution in [1.29, 1.82) is 0 Å². The Labute approximate surface area is 164 Å². The summed E-state index contributed by atoms with van der Waals surface area (Å²) in [4.78, 5) is 12.2. The van der Waals surface area contributed by atoms with Gasteiger partial charge < -0.3 is 14.5 Å². The molecule has 1 amide bonds. The molecule has 0 unspecified atom stereocenters. The Bertz CT molecular complexity index is 889. The van der Waals surface area contributed by atoms with Crippen LogP contribution < -0.4 is 5.32 Å². The summed E-state index contributed by atoms with van der Waals surface area (Å²) >= 11 is 0. The first-order valence-corrected chi connectivity index (χ1v) is 10.8. The highest BCUT2D eigenvalue weighted by molar-refractivity contribution is 7.89. The van der Waals surface area contributed by atoms with E-state index in [-0.39, 0.29) is 16.7 Å². The zero-order valence-corrected chi connectivity index (χ0v) is 16.6. The van der Waals surface area contributed by atoms with Crippen molar-refractivity contribution in [1.82, 2.24) is 19.8 Å². The van der Waals surface area contributed by atoms with Crippen molar-refractivity contribution in [2.45, 2.75) is 31.1 Å². The van der Waals surface area contributed by atoms with E-state index in [0.29, 0.717) is 44.8 Å². The molecule has 9 nitrogen and oxygen atoms in total. The number of carbonyl (C=O) groups excluding carboxylic acids is 1. The van der Waals surface area contributed by atoms with Gasteiger partial charge in [0.1, 0.15) is 0 Å². The fourth-order valence-electron chi connectivity index (χ4n) is 2.87. The predicted octanol–water partition coefficient (Wildman–Crippen LogP) is 1.68. The Morgan fingerprint density at radius 1 is 1.21 bits per heavy atom. The first-order valence-electron chi connectivity index (χ1n) is 9.32. The van der Waals surface area contributed by atoms with Gasteiger partial charge in [-0.05, 0) is 50.5 Å². The number of nitrogens with zero attached hydrogens (tertiary/aromatic N) is 3. The molecule has 0 aliphatic carbocycles. The van der Waals surface area contributed by atoms with Gasteiger partial charge in [0, 0.05) is 38.4 Å². The number of ether oxygens (including phenoxy) is 1. The summed E-state index contributed by atoms with van der Waals surface area (Å²) in [5, 5.41) is 10.3. The number of rotatable bonds is 9. The van der Waals surface area contributed by atoms with Crippen LogP contribution in [0.5, 0.6) is 0 Å². The van der Waals surface area contributed by atoms with E-state index in [1.807, 2.05) is 6.92 Å². The van der Waals surface area contributed by atoms with E-state index < -0.39 is 15.9 Å². The van der Waals surface area contributed by atoms with Crippen LogP contribution >= 0.6 is 0 Å². The lowest BCUT2D eigenvalue weighted by Gasteiger charge is -2.15. The molecular formula is C18H24N4O5S. The lowest BCUT2D eigenvalue weighted by Crippen LogP contribution is -2.27. The average Bonchev–Trinajstić information content (AvgIpc) is 3.40. The van der Waals surface area contributed by atoms with Crippen LogP contribution in [0.1, 0.15) is 36.9 Å². The van der Waals surface area contributed by atoms with Crippen molar-refractivity contribution in [3.05, 3.63) is 30.2 Å². The van der Waals surface area contributed by atoms with E-state index in [9.17, 15) is 13.2 Å². The molecule has 152 valence electrons. The van der Waals surface area contributed by atoms with Gasteiger partial charge in [0.2, 0.25) is 15.9 Å². The van der Waals surface area contributed by atoms with Crippen LogP contribution in [0.2, 0.25) is 0 Å². The highest BCUT2D eigenvalue weighted by Gasteiger charge is 2.27. The summed E-state index contributed by atoms with van der Waals surface area (Å²) in [6.45, 7) is 4.66. The molecule has 1 saturated heterocycles. The molecule has 1 fully saturated rings. The summed E-state index contributed by atoms with van der Waals surface area (Å²) in [6, 6.07) is 6.22. The summed E-state index contributed by atoms with van der Waals surface area (Å²) < 4.78 is 37.2. The Kier molecular flexibility index (Phi) is 6.76. The minimum Gasteiger partial charge on any atom is -0.412 e. The Morgan fingerprint density at radius 3 is 2.61 bits per heavy atom. The SMILES string of the molecule is CCOCCCNC(=O)c1nnc(-c2ccc(S(=O)(=O)N3CCCC3)cc2)o1. The Balaban J connectivity index is 1.62. The molecule has 1 aromatic heterocycles. The number of amides is 1. The van der Waals surface area contributed by atoms with E-state index >= 15 is 0 Å². The molecule has 0 saturated carbocycles. The molecule has 10 heteroatoms. The number of hydrogen-bond acceptors (Lipinski definition) is 7. The predicted molar refractivity (Wildman–Crippen MR) is 101 cm³/mol. The lowest BCUT2D eigenvalue weighted by molar-refractivity contribution is 0.0910. The van der Waals surface area contributed by atoms with Crippen molar-refractivity contribution >= 4 is 15.9 Å². The monoisotopic (exact) mass is 408 g/mol. The highest BCUT2D eigenvalue weighted by atomic mass is 32.2. The average molecular weight is 408 g/mol. The molecule has 2 heterocycles. The molecule has 28 heavy (non-hydrogen) atoms. The van der Waals surface area contributed by atoms with E-state index in [4.69, 9.17) is 9.15 Å². The third kappa shape index (κ3) is 4.75. The van der Waals surface area contributed by atoms with Crippen molar-refractivity contribution in [3.63, 3.8) is 0 Å². The second-order valence-electron chi connectivity index (χ2n) is 6.35. The topological polar surface area (TPSA) is 115 Å². The molecule has 0 atom stereocenters. The quantitative estimate of drug-likeness (QED) is 0.628. The summed E-state index contributed by atoms with van der Waals surface area (Å²) in [5.74, 6) is -0.437. The molecule has 1 aliphatic heterocycles. The molecule has 0 radical (unpaired) electrons. The normalized spacial score (nSPS) is 15.0. The van der Waals surface area contributed by atoms with Crippen LogP contribution in [0.25, 0.3) is 11.5 Å². The van der Waals surface area contributed by atoms with Crippen molar-refractivity contribution in [2.75, 3.05) is 32.8 Å². The second kappa shape index (κ2) is 9.26. The maximum absolute atomic E-state index is 12.6. The zero-order valence-electron chi connectivity index (χ0n) is 15.8. The van der Waals surface area contributed by atoms with Crippen LogP contribution in [0.15, 0.2) is 33.6 Å². The first kappa shape index (κ1) is 20.4. The smallest absolute Gasteiger partial charge is 0.308 e. The summed E-state index contributed by atoms with van der Waals surface area (Å²) in [6.07, 6.45) is 2.46. The van der Waals surface area contributed by atoms with Gasteiger partial charge in [-0.15, -0.1) is 10.2 Å². The van der Waals surface area contributed by atoms with Gasteiger partial charge >= 0.3 is 11.8 Å². The fourth-order valence-corrected chi connectivity index (χ4v) is 4.39. The maximum Gasteiger partial charge on any atom is 0.308 e. The highest BCUT2D eigenvalue weighted by Crippen LogP contribution is 2.24. The van der Waals surface area contributed by atoms with E-state index in [2.05, 4.69) is 15.5 Å². The van der Waals surface area contributed by atoms with Crippen molar-refractivity contribution in [2.24, 2.45) is 0 Å². The number of carbonyl (C=O) groups is 1. The molecule has 1 aromatic carbocycles. The minimum absolute atomic E-state index is 0.139. The molecule has 1 N–H and O–H groups in total. The molecule has 3 rings (SSSR count). The molecule has 0 bridgehead atoms. The van der Waals surface area contributed by atoms with Gasteiger partial charge in [0.25, 0.3) is 0 Å². The van der Waals surface area contributed by atoms with Gasteiger partial charge in [0.05, 0.1) is 4.90 Å². The third-order valence-electron chi connectivity index (χ3n) is 4.38. The van der Waals surface area contributed by atoms with Gasteiger partial charge in [-0.1, -0.05) is 0 Å². The van der Waals surface area contributed by atoms with Crippen molar-refractivity contribution in [3.8, 4) is 11.5 Å². The van der Waals surface area contributed by atoms with Crippen LogP contribution in [-0.2, 0) is 14.8 Å². The number of sulfonamides is 1. The summed E-state index contributed by atoms with van der Waals surface area (Å²) in [7, 11) is -3.47. The van der Waals surface area contributed by atoms with Gasteiger partial charge in [-0.25, -0.2) is 8.42 Å². The minimum atomic E-state index is -3.47. The first-order chi connectivity index (χ1) is 13.5. The Morgan fingerprint density at radius 2 is 1.93 bits per heavy atom. The van der Waals surface area contributed by atoms with Gasteiger partial charge in [-0.2, -0.15) is 4.31 Å². The van der Waals surface area contributed by atoms with Crippen molar-refractivity contribution < 1.29 is 22.4 Å². The molecule has 1 aliphatic rings. The van der Waals surface area contributed by atoms with E-state index in [0.717, 1.165) is 12.8 Å². The lowest BCUT2D eigenvalue weighted by atomic mass is 10.2. The van der Waals surface area contributed by atoms with Crippen LogP contribution in [0.3, 0.4) is 0 Å². The van der Waals surface area contributed by atoms with Crippen LogP contribution in [0.4, 0.5) is 0 Å². The van der Waals surface area contributed by atoms with Gasteiger partial charge in [0.15, 0.2) is 0 Å². The van der Waals surface area contributed by atoms with Crippen LogP contribution in [-0.4, -0.2) is 61.7 Å². The number of hydrogen-bond donors (Lipinski definition) is 1. The number of aromatic nitrogens is 2. The van der Waals surface area contributed by atoms with Gasteiger partial charge in [-0.3, -0.25) is 4.79 Å². The largest absolute Gasteiger partial charge is 0.412 e. The molecular weight excluding hydrogens is 384 g/mol. The molecule has 0 spiro atoms. The maximum atomic E-state index is 12.6. The fraction of sp³-hybridized carbons (Fsp3) is 0.500. The number of nitrogens with one attached hydrogen (secondary N) is 1. The standard InChI is InChI=1S/C18H24N4O5S/c1-2-26-13-5-10-19-16(23)18-21-20-17(27-18)14-6-8-15(9-7-14)28(24,25)22-11-3-4-12-22/h6-9H,2-5,10-13H2,1H3,(H,19,23). The Hall–Kier alpha value is -2.30. The second-order valence-corrected chi connectivity index (χ2v) is 8.29. The summed E-state index contributed by atoms with van der Waals surface area (Å²) in [5.41, 5.74) is 0.545. The van der Waals surface area contributed by atoms with E-state index in [1.165, 1.54) is 16.4 Å². The third-order valence-corrected chi connectivity index (χ3v) is 6.29. The zero-order chi connectivity index (χ0) is 20.0.